The van der Waals surface area contributed by atoms with E-state index in [4.69, 9.17) is 29.0 Å². The summed E-state index contributed by atoms with van der Waals surface area (Å²) in [6, 6.07) is -0.822. The number of amides is 2. The van der Waals surface area contributed by atoms with E-state index >= 15 is 0 Å². The van der Waals surface area contributed by atoms with Crippen LogP contribution in [0, 0.1) is 10.1 Å². The van der Waals surface area contributed by atoms with Gasteiger partial charge in [-0.1, -0.05) is 0 Å². The molecule has 0 unspecified atom stereocenters. The van der Waals surface area contributed by atoms with Crippen LogP contribution in [0.3, 0.4) is 0 Å². The number of urea groups is 1. The van der Waals surface area contributed by atoms with Crippen LogP contribution in [-0.4, -0.2) is 46.0 Å². The minimum absolute atomic E-state index is 0.00236. The number of carbonyl (C=O) groups is 1. The quantitative estimate of drug-likeness (QED) is 0.225. The first-order valence-corrected chi connectivity index (χ1v) is 4.97. The topological polar surface area (TPSA) is 105 Å². The molecule has 8 nitrogen and oxygen atoms in total. The zero-order chi connectivity index (χ0) is 11.8. The van der Waals surface area contributed by atoms with Crippen LogP contribution in [0.2, 0.25) is 0 Å². The third-order valence-corrected chi connectivity index (χ3v) is 1.74. The summed E-state index contributed by atoms with van der Waals surface area (Å²) in [5.74, 6) is 4.91. The Hall–Kier alpha value is -0.990. The maximum absolute atomic E-state index is 11.2. The Labute approximate surface area is 95.9 Å². The molecule has 0 atom stereocenters. The molecule has 0 saturated carbocycles. The first-order chi connectivity index (χ1) is 7.08. The minimum atomic E-state index is -0.822. The van der Waals surface area contributed by atoms with Crippen LogP contribution in [0.1, 0.15) is 0 Å². The second-order valence-electron chi connectivity index (χ2n) is 2.28. The molecule has 0 fully saturated rings. The lowest BCUT2D eigenvalue weighted by Gasteiger charge is -2.25. The Kier molecular flexibility index (Phi) is 6.84. The van der Waals surface area contributed by atoms with Crippen molar-refractivity contribution in [1.29, 1.82) is 0 Å². The van der Waals surface area contributed by atoms with Crippen molar-refractivity contribution in [3.8, 4) is 0 Å². The number of hydrazine groups is 3. The molecule has 0 spiro atoms. The Bertz CT molecular complexity index is 229. The van der Waals surface area contributed by atoms with Crippen molar-refractivity contribution in [1.82, 2.24) is 15.6 Å². The number of nitrogens with two attached hydrogens (primary N) is 1. The number of hydrogen-bond acceptors (Lipinski definition) is 4. The van der Waals surface area contributed by atoms with E-state index < -0.39 is 11.1 Å². The molecule has 0 aliphatic heterocycles. The van der Waals surface area contributed by atoms with Gasteiger partial charge < -0.3 is 0 Å². The van der Waals surface area contributed by atoms with Crippen LogP contribution in [0.25, 0.3) is 0 Å². The molecular weight excluding hydrogens is 249 g/mol. The Morgan fingerprint density at radius 3 is 2.27 bits per heavy atom. The van der Waals surface area contributed by atoms with Crippen molar-refractivity contribution < 1.29 is 9.83 Å². The highest BCUT2D eigenvalue weighted by atomic mass is 35.5. The SMILES string of the molecule is NNC(=O)N(CCCl)N(CCCl)[N+](=O)[O-]. The fourth-order valence-corrected chi connectivity index (χ4v) is 1.15. The molecule has 0 aromatic carbocycles. The maximum Gasteiger partial charge on any atom is 0.354 e. The second-order valence-corrected chi connectivity index (χ2v) is 3.04. The molecular formula is C5H11Cl2N5O3. The predicted octanol–water partition coefficient (Wildman–Crippen LogP) is -0.242. The molecule has 0 radical (unpaired) electrons. The van der Waals surface area contributed by atoms with Crippen molar-refractivity contribution in [3.05, 3.63) is 10.1 Å². The molecule has 2 amide bonds. The summed E-state index contributed by atoms with van der Waals surface area (Å²) >= 11 is 10.8. The molecule has 0 aromatic rings. The number of carbonyl (C=O) groups excluding carboxylic acids is 1. The fraction of sp³-hybridized carbons (Fsp3) is 0.800. The number of nitrogens with zero attached hydrogens (tertiary/aromatic N) is 3. The van der Waals surface area contributed by atoms with Gasteiger partial charge in [-0.25, -0.2) is 20.8 Å². The van der Waals surface area contributed by atoms with Crippen molar-refractivity contribution in [3.63, 3.8) is 0 Å². The molecule has 0 heterocycles. The van der Waals surface area contributed by atoms with Crippen LogP contribution in [-0.2, 0) is 0 Å². The average molecular weight is 260 g/mol. The van der Waals surface area contributed by atoms with Crippen LogP contribution in [0.15, 0.2) is 0 Å². The smallest absolute Gasteiger partial charge is 0.274 e. The lowest BCUT2D eigenvalue weighted by Crippen LogP contribution is -2.55. The first kappa shape index (κ1) is 14.0. The first-order valence-electron chi connectivity index (χ1n) is 3.90. The molecule has 3 N–H and O–H groups in total. The van der Waals surface area contributed by atoms with Gasteiger partial charge in [0.25, 0.3) is 0 Å². The van der Waals surface area contributed by atoms with Gasteiger partial charge in [-0.05, 0) is 5.12 Å². The van der Waals surface area contributed by atoms with Gasteiger partial charge in [0, 0.05) is 11.8 Å². The zero-order valence-corrected chi connectivity index (χ0v) is 9.24. The van der Waals surface area contributed by atoms with E-state index in [1.54, 1.807) is 5.43 Å². The monoisotopic (exact) mass is 259 g/mol. The van der Waals surface area contributed by atoms with Crippen LogP contribution in [0.4, 0.5) is 4.79 Å². The summed E-state index contributed by atoms with van der Waals surface area (Å²) in [4.78, 5) is 21.8. The summed E-state index contributed by atoms with van der Waals surface area (Å²) < 4.78 is 0. The molecule has 0 bridgehead atoms. The highest BCUT2D eigenvalue weighted by Gasteiger charge is 2.27. The minimum Gasteiger partial charge on any atom is -0.274 e. The van der Waals surface area contributed by atoms with Crippen molar-refractivity contribution >= 4 is 29.2 Å². The molecule has 88 valence electrons. The van der Waals surface area contributed by atoms with Gasteiger partial charge in [0.2, 0.25) is 0 Å². The van der Waals surface area contributed by atoms with Gasteiger partial charge >= 0.3 is 6.03 Å². The molecule has 0 saturated heterocycles. The fourth-order valence-electron chi connectivity index (χ4n) is 0.842. The third kappa shape index (κ3) is 4.36. The van der Waals surface area contributed by atoms with Gasteiger partial charge in [-0.3, -0.25) is 5.43 Å². The molecule has 15 heavy (non-hydrogen) atoms. The summed E-state index contributed by atoms with van der Waals surface area (Å²) in [5.41, 5.74) is 1.78. The van der Waals surface area contributed by atoms with Crippen LogP contribution < -0.4 is 11.3 Å². The number of nitro groups is 1. The van der Waals surface area contributed by atoms with Crippen LogP contribution in [0.5, 0.6) is 0 Å². The Morgan fingerprint density at radius 1 is 1.40 bits per heavy atom. The molecule has 10 heteroatoms. The van der Waals surface area contributed by atoms with Gasteiger partial charge in [0.05, 0.1) is 6.54 Å². The molecule has 0 aliphatic carbocycles. The van der Waals surface area contributed by atoms with E-state index in [-0.39, 0.29) is 24.8 Å². The molecule has 0 aliphatic rings. The van der Waals surface area contributed by atoms with Crippen LogP contribution >= 0.6 is 23.2 Å². The van der Waals surface area contributed by atoms with Crippen molar-refractivity contribution in [2.45, 2.75) is 0 Å². The van der Waals surface area contributed by atoms with E-state index in [0.717, 1.165) is 5.01 Å². The summed E-state index contributed by atoms with van der Waals surface area (Å²) in [6.07, 6.45) is 0. The van der Waals surface area contributed by atoms with Gasteiger partial charge in [-0.2, -0.15) is 5.01 Å². The average Bonchev–Trinajstić information content (AvgIpc) is 2.21. The lowest BCUT2D eigenvalue weighted by molar-refractivity contribution is -0.692. The highest BCUT2D eigenvalue weighted by molar-refractivity contribution is 6.18. The van der Waals surface area contributed by atoms with Gasteiger partial charge in [-0.15, -0.1) is 23.2 Å². The largest absolute Gasteiger partial charge is 0.354 e. The third-order valence-electron chi connectivity index (χ3n) is 1.41. The second kappa shape index (κ2) is 7.32. The van der Waals surface area contributed by atoms with E-state index in [1.807, 2.05) is 0 Å². The molecule has 0 aromatic heterocycles. The normalized spacial score (nSPS) is 9.53. The van der Waals surface area contributed by atoms with E-state index in [0.29, 0.717) is 5.12 Å². The molecule has 0 rings (SSSR count). The number of nitrogens with one attached hydrogen (secondary N) is 1. The maximum atomic E-state index is 11.2. The predicted molar refractivity (Wildman–Crippen MR) is 54.6 cm³/mol. The van der Waals surface area contributed by atoms with Gasteiger partial charge in [0.15, 0.2) is 5.03 Å². The summed E-state index contributed by atoms with van der Waals surface area (Å²) in [5, 5.41) is 11.2. The standard InChI is InChI=1S/C5H11Cl2N5O3/c6-1-3-10(5(13)9-8)11(4-2-7)12(14)15/h1-4,8H2,(H,9,13). The Morgan fingerprint density at radius 2 is 1.93 bits per heavy atom. The van der Waals surface area contributed by atoms with Crippen molar-refractivity contribution in [2.24, 2.45) is 5.84 Å². The number of alkyl halides is 2. The summed E-state index contributed by atoms with van der Waals surface area (Å²) in [7, 11) is 0. The van der Waals surface area contributed by atoms with E-state index in [9.17, 15) is 14.9 Å². The number of halogens is 2. The van der Waals surface area contributed by atoms with E-state index in [1.165, 1.54) is 0 Å². The van der Waals surface area contributed by atoms with Gasteiger partial charge in [0.1, 0.15) is 6.54 Å². The zero-order valence-electron chi connectivity index (χ0n) is 7.73. The van der Waals surface area contributed by atoms with E-state index in [2.05, 4.69) is 0 Å². The lowest BCUT2D eigenvalue weighted by atomic mass is 10.6. The number of rotatable bonds is 6. The Balaban J connectivity index is 4.66. The summed E-state index contributed by atoms with van der Waals surface area (Å²) in [6.45, 7) is -0.165. The number of hydrogen-bond donors (Lipinski definition) is 2. The highest BCUT2D eigenvalue weighted by Crippen LogP contribution is 2.00. The van der Waals surface area contributed by atoms with Crippen molar-refractivity contribution in [2.75, 3.05) is 24.8 Å².